The quantitative estimate of drug-likeness (QED) is 0.738. The highest BCUT2D eigenvalue weighted by Gasteiger charge is 2.24. The van der Waals surface area contributed by atoms with Gasteiger partial charge in [0.1, 0.15) is 11.3 Å². The molecule has 0 fully saturated rings. The van der Waals surface area contributed by atoms with Gasteiger partial charge in [0.2, 0.25) is 0 Å². The minimum atomic E-state index is -0.0328. The van der Waals surface area contributed by atoms with Crippen LogP contribution in [0.5, 0.6) is 0 Å². The number of oxazole rings is 1. The van der Waals surface area contributed by atoms with Crippen LogP contribution in [0.4, 0.5) is 6.01 Å². The summed E-state index contributed by atoms with van der Waals surface area (Å²) < 4.78 is 5.95. The summed E-state index contributed by atoms with van der Waals surface area (Å²) in [5, 5.41) is 0. The molecule has 0 saturated carbocycles. The zero-order chi connectivity index (χ0) is 17.8. The number of nitrogens with zero attached hydrogens (tertiary/aromatic N) is 3. The third kappa shape index (κ3) is 2.81. The van der Waals surface area contributed by atoms with Crippen LogP contribution in [0.15, 0.2) is 27.4 Å². The number of aromatic nitrogens is 3. The van der Waals surface area contributed by atoms with E-state index in [9.17, 15) is 4.79 Å². The molecule has 6 nitrogen and oxygen atoms in total. The van der Waals surface area contributed by atoms with Gasteiger partial charge >= 0.3 is 0 Å². The molecule has 0 bridgehead atoms. The van der Waals surface area contributed by atoms with E-state index in [4.69, 9.17) is 4.42 Å². The molecule has 1 aromatic carbocycles. The van der Waals surface area contributed by atoms with Crippen molar-refractivity contribution in [3.05, 3.63) is 51.2 Å². The summed E-state index contributed by atoms with van der Waals surface area (Å²) in [5.74, 6) is 0.637. The number of H-pyrrole nitrogens is 1. The summed E-state index contributed by atoms with van der Waals surface area (Å²) in [4.78, 5) is 26.0. The fraction of sp³-hybridized carbons (Fsp3) is 0.421. The summed E-state index contributed by atoms with van der Waals surface area (Å²) in [6.07, 6.45) is 0.643. The number of anilines is 1. The van der Waals surface area contributed by atoms with E-state index in [0.29, 0.717) is 31.3 Å². The van der Waals surface area contributed by atoms with Gasteiger partial charge < -0.3 is 14.3 Å². The van der Waals surface area contributed by atoms with Crippen LogP contribution < -0.4 is 10.5 Å². The highest BCUT2D eigenvalue weighted by atomic mass is 16.4. The van der Waals surface area contributed by atoms with Gasteiger partial charge in [-0.15, -0.1) is 0 Å². The minimum absolute atomic E-state index is 0.0328. The van der Waals surface area contributed by atoms with Crippen LogP contribution in [0.1, 0.15) is 43.4 Å². The summed E-state index contributed by atoms with van der Waals surface area (Å²) >= 11 is 0. The first-order valence-electron chi connectivity index (χ1n) is 8.56. The number of hydrogen-bond acceptors (Lipinski definition) is 5. The molecule has 0 unspecified atom stereocenters. The molecule has 4 rings (SSSR count). The van der Waals surface area contributed by atoms with Gasteiger partial charge in [0.05, 0.1) is 12.2 Å². The second-order valence-corrected chi connectivity index (χ2v) is 7.68. The van der Waals surface area contributed by atoms with E-state index >= 15 is 0 Å². The Labute approximate surface area is 145 Å². The van der Waals surface area contributed by atoms with Gasteiger partial charge in [0, 0.05) is 12.1 Å². The zero-order valence-electron chi connectivity index (χ0n) is 15.0. The molecule has 0 spiro atoms. The first kappa shape index (κ1) is 15.9. The zero-order valence-corrected chi connectivity index (χ0v) is 15.0. The molecule has 2 aromatic heterocycles. The number of aromatic amines is 1. The first-order valence-corrected chi connectivity index (χ1v) is 8.56. The van der Waals surface area contributed by atoms with Gasteiger partial charge in [0.15, 0.2) is 5.58 Å². The van der Waals surface area contributed by atoms with E-state index in [-0.39, 0.29) is 11.0 Å². The molecule has 6 heteroatoms. The van der Waals surface area contributed by atoms with Gasteiger partial charge in [-0.25, -0.2) is 4.98 Å². The van der Waals surface area contributed by atoms with E-state index in [0.717, 1.165) is 22.4 Å². The summed E-state index contributed by atoms with van der Waals surface area (Å²) in [5.41, 5.74) is 4.49. The summed E-state index contributed by atoms with van der Waals surface area (Å²) in [6, 6.07) is 6.75. The van der Waals surface area contributed by atoms with Gasteiger partial charge in [-0.1, -0.05) is 26.8 Å². The Bertz CT molecular complexity index is 1010. The molecule has 0 atom stereocenters. The lowest BCUT2D eigenvalue weighted by Gasteiger charge is -2.26. The average molecular weight is 338 g/mol. The summed E-state index contributed by atoms with van der Waals surface area (Å²) in [7, 11) is 0. The maximum absolute atomic E-state index is 12.0. The number of fused-ring (bicyclic) bond motifs is 2. The van der Waals surface area contributed by atoms with Crippen molar-refractivity contribution < 1.29 is 4.42 Å². The maximum Gasteiger partial charge on any atom is 0.298 e. The second kappa shape index (κ2) is 5.44. The highest BCUT2D eigenvalue weighted by Crippen LogP contribution is 2.29. The van der Waals surface area contributed by atoms with Crippen molar-refractivity contribution in [1.29, 1.82) is 0 Å². The molecule has 1 N–H and O–H groups in total. The van der Waals surface area contributed by atoms with E-state index in [1.807, 2.05) is 11.0 Å². The largest absolute Gasteiger partial charge is 0.423 e. The van der Waals surface area contributed by atoms with E-state index < -0.39 is 0 Å². The summed E-state index contributed by atoms with van der Waals surface area (Å²) in [6.45, 7) is 9.58. The fourth-order valence-electron chi connectivity index (χ4n) is 3.24. The third-order valence-corrected chi connectivity index (χ3v) is 4.70. The van der Waals surface area contributed by atoms with Crippen LogP contribution in [0.25, 0.3) is 11.1 Å². The molecule has 0 radical (unpaired) electrons. The van der Waals surface area contributed by atoms with Crippen molar-refractivity contribution in [2.45, 2.75) is 46.1 Å². The third-order valence-electron chi connectivity index (χ3n) is 4.70. The SMILES string of the molecule is Cc1nc2c(c(=O)[nH]1)CCN(c1nc3cc(C(C)(C)C)ccc3o1)C2. The second-order valence-electron chi connectivity index (χ2n) is 7.68. The standard InChI is InChI=1S/C19H22N4O2/c1-11-20-15-10-23(8-7-13(15)17(24)21-11)18-22-14-9-12(19(2,3)4)5-6-16(14)25-18/h5-6,9H,7-8,10H2,1-4H3,(H,20,21,24). The normalized spacial score (nSPS) is 14.8. The van der Waals surface area contributed by atoms with Crippen molar-refractivity contribution in [3.63, 3.8) is 0 Å². The van der Waals surface area contributed by atoms with Crippen molar-refractivity contribution in [2.24, 2.45) is 0 Å². The lowest BCUT2D eigenvalue weighted by molar-refractivity contribution is 0.547. The van der Waals surface area contributed by atoms with Gasteiger partial charge in [0.25, 0.3) is 11.6 Å². The van der Waals surface area contributed by atoms with Gasteiger partial charge in [-0.05, 0) is 36.5 Å². The van der Waals surface area contributed by atoms with Crippen LogP contribution in [-0.4, -0.2) is 21.5 Å². The molecule has 3 aromatic rings. The Morgan fingerprint density at radius 2 is 2.04 bits per heavy atom. The van der Waals surface area contributed by atoms with Crippen LogP contribution in [0, 0.1) is 6.92 Å². The molecule has 25 heavy (non-hydrogen) atoms. The monoisotopic (exact) mass is 338 g/mol. The predicted octanol–water partition coefficient (Wildman–Crippen LogP) is 3.08. The lowest BCUT2D eigenvalue weighted by Crippen LogP contribution is -2.35. The average Bonchev–Trinajstić information content (AvgIpc) is 2.96. The topological polar surface area (TPSA) is 75.0 Å². The van der Waals surface area contributed by atoms with Gasteiger partial charge in [-0.2, -0.15) is 4.98 Å². The van der Waals surface area contributed by atoms with E-state index in [1.54, 1.807) is 6.92 Å². The molecule has 0 aliphatic carbocycles. The Kier molecular flexibility index (Phi) is 3.45. The van der Waals surface area contributed by atoms with Crippen LogP contribution in [0.2, 0.25) is 0 Å². The van der Waals surface area contributed by atoms with Crippen LogP contribution in [-0.2, 0) is 18.4 Å². The van der Waals surface area contributed by atoms with Crippen molar-refractivity contribution >= 4 is 17.1 Å². The van der Waals surface area contributed by atoms with E-state index in [1.165, 1.54) is 5.56 Å². The number of hydrogen-bond donors (Lipinski definition) is 1. The first-order chi connectivity index (χ1) is 11.8. The van der Waals surface area contributed by atoms with Gasteiger partial charge in [-0.3, -0.25) is 4.79 Å². The number of rotatable bonds is 1. The Morgan fingerprint density at radius 3 is 2.80 bits per heavy atom. The maximum atomic E-state index is 12.0. The van der Waals surface area contributed by atoms with E-state index in [2.05, 4.69) is 47.9 Å². The molecular weight excluding hydrogens is 316 g/mol. The molecule has 1 aliphatic rings. The number of nitrogens with one attached hydrogen (secondary N) is 1. The molecule has 0 amide bonds. The highest BCUT2D eigenvalue weighted by molar-refractivity contribution is 5.75. The number of aryl methyl sites for hydroxylation is 1. The van der Waals surface area contributed by atoms with Crippen LogP contribution >= 0.6 is 0 Å². The molecule has 1 aliphatic heterocycles. The fourth-order valence-corrected chi connectivity index (χ4v) is 3.24. The molecular formula is C19H22N4O2. The smallest absolute Gasteiger partial charge is 0.298 e. The lowest BCUT2D eigenvalue weighted by atomic mass is 9.87. The Morgan fingerprint density at radius 1 is 1.24 bits per heavy atom. The molecule has 3 heterocycles. The van der Waals surface area contributed by atoms with Crippen molar-refractivity contribution in [1.82, 2.24) is 15.0 Å². The Hall–Kier alpha value is -2.63. The van der Waals surface area contributed by atoms with Crippen molar-refractivity contribution in [3.8, 4) is 0 Å². The number of benzene rings is 1. The molecule has 130 valence electrons. The van der Waals surface area contributed by atoms with Crippen LogP contribution in [0.3, 0.4) is 0 Å². The Balaban J connectivity index is 1.69. The van der Waals surface area contributed by atoms with Crippen molar-refractivity contribution in [2.75, 3.05) is 11.4 Å². The predicted molar refractivity (Wildman–Crippen MR) is 97.1 cm³/mol. The minimum Gasteiger partial charge on any atom is -0.423 e. The molecule has 0 saturated heterocycles.